The van der Waals surface area contributed by atoms with Crippen LogP contribution in [0.1, 0.15) is 5.56 Å². The molecule has 5 nitrogen and oxygen atoms in total. The molecular formula is C15H14N4OS. The average molecular weight is 298 g/mol. The maximum atomic E-state index is 12.0. The molecule has 0 unspecified atom stereocenters. The summed E-state index contributed by atoms with van der Waals surface area (Å²) in [5, 5.41) is 13.9. The fraction of sp³-hybridized carbons (Fsp3) is 0.133. The molecule has 1 N–H and O–H groups in total. The fourth-order valence-corrected chi connectivity index (χ4v) is 2.16. The first-order chi connectivity index (χ1) is 10.1. The lowest BCUT2D eigenvalue weighted by molar-refractivity contribution is -0.112. The molecular weight excluding hydrogens is 284 g/mol. The number of nitrogens with one attached hydrogen (secondary N) is 1. The Morgan fingerprint density at radius 3 is 2.62 bits per heavy atom. The SMILES string of the molecule is CN(C)c1ccc(/C=C(\C#N)C(=O)Nc2nccs2)cc1. The van der Waals surface area contributed by atoms with E-state index in [1.165, 1.54) is 11.3 Å². The number of nitrogens with zero attached hydrogens (tertiary/aromatic N) is 3. The maximum absolute atomic E-state index is 12.0. The Labute approximate surface area is 127 Å². The van der Waals surface area contributed by atoms with Gasteiger partial charge in [-0.05, 0) is 23.8 Å². The molecule has 2 rings (SSSR count). The van der Waals surface area contributed by atoms with Crippen molar-refractivity contribution in [3.63, 3.8) is 0 Å². The quantitative estimate of drug-likeness (QED) is 0.696. The van der Waals surface area contributed by atoms with Crippen LogP contribution in [0, 0.1) is 11.3 Å². The van der Waals surface area contributed by atoms with Crippen molar-refractivity contribution in [2.45, 2.75) is 0 Å². The number of benzene rings is 1. The van der Waals surface area contributed by atoms with Gasteiger partial charge in [-0.25, -0.2) is 4.98 Å². The number of rotatable bonds is 4. The highest BCUT2D eigenvalue weighted by atomic mass is 32.1. The van der Waals surface area contributed by atoms with Crippen molar-refractivity contribution in [2.75, 3.05) is 24.3 Å². The number of amides is 1. The first-order valence-electron chi connectivity index (χ1n) is 6.20. The van der Waals surface area contributed by atoms with E-state index in [0.717, 1.165) is 11.3 Å². The molecule has 21 heavy (non-hydrogen) atoms. The van der Waals surface area contributed by atoms with Crippen molar-refractivity contribution in [3.8, 4) is 6.07 Å². The number of hydrogen-bond acceptors (Lipinski definition) is 5. The van der Waals surface area contributed by atoms with E-state index in [-0.39, 0.29) is 5.57 Å². The van der Waals surface area contributed by atoms with E-state index in [9.17, 15) is 4.79 Å². The third-order valence-electron chi connectivity index (χ3n) is 2.74. The minimum atomic E-state index is -0.455. The van der Waals surface area contributed by atoms with Crippen molar-refractivity contribution in [2.24, 2.45) is 0 Å². The molecule has 1 heterocycles. The number of thiazole rings is 1. The third kappa shape index (κ3) is 3.91. The molecule has 1 amide bonds. The van der Waals surface area contributed by atoms with Crippen molar-refractivity contribution in [3.05, 3.63) is 47.0 Å². The smallest absolute Gasteiger partial charge is 0.268 e. The monoisotopic (exact) mass is 298 g/mol. The summed E-state index contributed by atoms with van der Waals surface area (Å²) >= 11 is 1.31. The normalized spacial score (nSPS) is 10.8. The fourth-order valence-electron chi connectivity index (χ4n) is 1.63. The molecule has 0 spiro atoms. The zero-order valence-electron chi connectivity index (χ0n) is 11.7. The molecule has 0 bridgehead atoms. The number of anilines is 2. The first kappa shape index (κ1) is 14.8. The van der Waals surface area contributed by atoms with E-state index >= 15 is 0 Å². The minimum Gasteiger partial charge on any atom is -0.378 e. The van der Waals surface area contributed by atoms with Crippen molar-refractivity contribution in [1.82, 2.24) is 4.98 Å². The topological polar surface area (TPSA) is 69.0 Å². The van der Waals surface area contributed by atoms with Crippen molar-refractivity contribution in [1.29, 1.82) is 5.26 Å². The molecule has 0 aliphatic rings. The molecule has 0 radical (unpaired) electrons. The summed E-state index contributed by atoms with van der Waals surface area (Å²) in [6.45, 7) is 0. The van der Waals surface area contributed by atoms with Gasteiger partial charge in [0.2, 0.25) is 0 Å². The molecule has 0 fully saturated rings. The first-order valence-corrected chi connectivity index (χ1v) is 7.08. The summed E-state index contributed by atoms with van der Waals surface area (Å²) in [5.74, 6) is -0.455. The Bertz CT molecular complexity index is 681. The zero-order valence-corrected chi connectivity index (χ0v) is 12.5. The van der Waals surface area contributed by atoms with Gasteiger partial charge in [0, 0.05) is 31.4 Å². The maximum Gasteiger partial charge on any atom is 0.268 e. The summed E-state index contributed by atoms with van der Waals surface area (Å²) in [7, 11) is 3.90. The summed E-state index contributed by atoms with van der Waals surface area (Å²) in [4.78, 5) is 17.9. The second-order valence-corrected chi connectivity index (χ2v) is 5.34. The van der Waals surface area contributed by atoms with Crippen LogP contribution >= 0.6 is 11.3 Å². The summed E-state index contributed by atoms with van der Waals surface area (Å²) < 4.78 is 0. The molecule has 0 atom stereocenters. The molecule has 0 aliphatic heterocycles. The predicted octanol–water partition coefficient (Wildman–Crippen LogP) is 2.75. The number of nitriles is 1. The zero-order chi connectivity index (χ0) is 15.2. The molecule has 6 heteroatoms. The van der Waals surface area contributed by atoms with Gasteiger partial charge >= 0.3 is 0 Å². The Morgan fingerprint density at radius 2 is 2.10 bits per heavy atom. The largest absolute Gasteiger partial charge is 0.378 e. The molecule has 2 aromatic rings. The molecule has 106 valence electrons. The van der Waals surface area contributed by atoms with E-state index in [4.69, 9.17) is 5.26 Å². The Kier molecular flexibility index (Phi) is 4.69. The lowest BCUT2D eigenvalue weighted by atomic mass is 10.1. The van der Waals surface area contributed by atoms with Crippen LogP contribution in [0.3, 0.4) is 0 Å². The lowest BCUT2D eigenvalue weighted by Crippen LogP contribution is -2.13. The van der Waals surface area contributed by atoms with Gasteiger partial charge in [0.05, 0.1) is 0 Å². The summed E-state index contributed by atoms with van der Waals surface area (Å²) in [6.07, 6.45) is 3.15. The standard InChI is InChI=1S/C15H14N4OS/c1-19(2)13-5-3-11(4-6-13)9-12(10-16)14(20)18-15-17-7-8-21-15/h3-9H,1-2H3,(H,17,18,20)/b12-9+. The van der Waals surface area contributed by atoms with Gasteiger partial charge in [0.1, 0.15) is 11.6 Å². The number of carbonyl (C=O) groups is 1. The van der Waals surface area contributed by atoms with Crippen LogP contribution < -0.4 is 10.2 Å². The van der Waals surface area contributed by atoms with E-state index in [0.29, 0.717) is 5.13 Å². The Balaban J connectivity index is 2.16. The van der Waals surface area contributed by atoms with Crippen LogP contribution in [0.5, 0.6) is 0 Å². The van der Waals surface area contributed by atoms with Gasteiger partial charge < -0.3 is 4.90 Å². The number of hydrogen-bond donors (Lipinski definition) is 1. The summed E-state index contributed by atoms with van der Waals surface area (Å²) in [6, 6.07) is 9.50. The summed E-state index contributed by atoms with van der Waals surface area (Å²) in [5.41, 5.74) is 1.90. The molecule has 0 aliphatic carbocycles. The van der Waals surface area contributed by atoms with E-state index in [2.05, 4.69) is 10.3 Å². The Morgan fingerprint density at radius 1 is 1.38 bits per heavy atom. The van der Waals surface area contributed by atoms with Gasteiger partial charge in [0.25, 0.3) is 5.91 Å². The van der Waals surface area contributed by atoms with Crippen LogP contribution in [0.15, 0.2) is 41.4 Å². The van der Waals surface area contributed by atoms with Crippen LogP contribution in [-0.2, 0) is 4.79 Å². The molecule has 0 saturated heterocycles. The van der Waals surface area contributed by atoms with Crippen molar-refractivity contribution >= 4 is 34.1 Å². The molecule has 1 aromatic heterocycles. The average Bonchev–Trinajstić information content (AvgIpc) is 2.98. The number of aromatic nitrogens is 1. The van der Waals surface area contributed by atoms with Gasteiger partial charge in [0.15, 0.2) is 5.13 Å². The van der Waals surface area contributed by atoms with E-state index < -0.39 is 5.91 Å². The second-order valence-electron chi connectivity index (χ2n) is 4.45. The number of carbonyl (C=O) groups excluding carboxylic acids is 1. The van der Waals surface area contributed by atoms with Gasteiger partial charge in [-0.1, -0.05) is 12.1 Å². The lowest BCUT2D eigenvalue weighted by Gasteiger charge is -2.11. The van der Waals surface area contributed by atoms with Gasteiger partial charge in [-0.3, -0.25) is 10.1 Å². The van der Waals surface area contributed by atoms with Crippen LogP contribution in [0.2, 0.25) is 0 Å². The molecule has 1 aromatic carbocycles. The highest BCUT2D eigenvalue weighted by Crippen LogP contribution is 2.16. The minimum absolute atomic E-state index is 0.0443. The highest BCUT2D eigenvalue weighted by molar-refractivity contribution is 7.13. The van der Waals surface area contributed by atoms with Crippen molar-refractivity contribution < 1.29 is 4.79 Å². The highest BCUT2D eigenvalue weighted by Gasteiger charge is 2.10. The second kappa shape index (κ2) is 6.68. The predicted molar refractivity (Wildman–Crippen MR) is 85.1 cm³/mol. The van der Waals surface area contributed by atoms with Crippen LogP contribution in [-0.4, -0.2) is 25.0 Å². The van der Waals surface area contributed by atoms with E-state index in [1.807, 2.05) is 49.3 Å². The molecule has 0 saturated carbocycles. The van der Waals surface area contributed by atoms with Gasteiger partial charge in [-0.2, -0.15) is 5.26 Å². The van der Waals surface area contributed by atoms with Gasteiger partial charge in [-0.15, -0.1) is 11.3 Å². The van der Waals surface area contributed by atoms with E-state index in [1.54, 1.807) is 17.7 Å². The third-order valence-corrected chi connectivity index (χ3v) is 3.43. The van der Waals surface area contributed by atoms with Crippen LogP contribution in [0.25, 0.3) is 6.08 Å². The Hall–Kier alpha value is -2.65. The van der Waals surface area contributed by atoms with Crippen LogP contribution in [0.4, 0.5) is 10.8 Å².